The van der Waals surface area contributed by atoms with Crippen LogP contribution in [0.1, 0.15) is 33.1 Å². The third kappa shape index (κ3) is 6.86. The lowest BCUT2D eigenvalue weighted by Crippen LogP contribution is -2.52. The van der Waals surface area contributed by atoms with E-state index in [4.69, 9.17) is 4.74 Å². The second kappa shape index (κ2) is 11.6. The Labute approximate surface area is 190 Å². The number of nitrogens with one attached hydrogen (secondary N) is 1. The molecule has 11 heteroatoms. The van der Waals surface area contributed by atoms with Gasteiger partial charge in [-0.05, 0) is 25.2 Å². The number of piperidine rings is 1. The van der Waals surface area contributed by atoms with E-state index in [2.05, 4.69) is 21.9 Å². The van der Waals surface area contributed by atoms with E-state index >= 15 is 0 Å². The number of carbonyl (C=O) groups is 2. The molecule has 0 saturated carbocycles. The summed E-state index contributed by atoms with van der Waals surface area (Å²) in [4.78, 5) is 33.9. The average Bonchev–Trinajstić information content (AvgIpc) is 2.73. The molecule has 2 unspecified atom stereocenters. The molecule has 2 atom stereocenters. The fourth-order valence-electron chi connectivity index (χ4n) is 3.70. The molecule has 32 heavy (non-hydrogen) atoms. The van der Waals surface area contributed by atoms with E-state index in [1.807, 2.05) is 0 Å². The topological polar surface area (TPSA) is 104 Å². The van der Waals surface area contributed by atoms with E-state index < -0.39 is 30.3 Å². The van der Waals surface area contributed by atoms with Gasteiger partial charge < -0.3 is 15.2 Å². The first-order chi connectivity index (χ1) is 15.1. The summed E-state index contributed by atoms with van der Waals surface area (Å²) in [5, 5.41) is 14.5. The van der Waals surface area contributed by atoms with Crippen LogP contribution >= 0.6 is 11.8 Å². The Morgan fingerprint density at radius 3 is 2.84 bits per heavy atom. The maximum atomic E-state index is 14.3. The SMILES string of the molecule is C=CSC(=NC)C1=NCC(C(=O)OCC)=C(CN2CC(F)(F)CCC2CC(C)C(=O)O)N1. The highest BCUT2D eigenvalue weighted by Crippen LogP contribution is 2.33. The fourth-order valence-corrected chi connectivity index (χ4v) is 4.19. The number of alkyl halides is 2. The Balaban J connectivity index is 2.34. The van der Waals surface area contributed by atoms with Gasteiger partial charge in [-0.1, -0.05) is 25.3 Å². The summed E-state index contributed by atoms with van der Waals surface area (Å²) in [5.74, 6) is -4.69. The average molecular weight is 473 g/mol. The molecule has 2 rings (SSSR count). The van der Waals surface area contributed by atoms with Crippen molar-refractivity contribution in [3.8, 4) is 0 Å². The van der Waals surface area contributed by atoms with Gasteiger partial charge >= 0.3 is 11.9 Å². The number of aliphatic imine (C=N–C) groups is 2. The molecule has 0 radical (unpaired) electrons. The minimum absolute atomic E-state index is 0.00944. The molecule has 2 N–H and O–H groups in total. The number of amidine groups is 1. The molecule has 1 fully saturated rings. The molecule has 0 spiro atoms. The standard InChI is InChI=1S/C21H30F2N4O4S/c1-5-31-20(30)15-10-25-17(18(24-4)32-6-2)26-16(15)11-27-12-21(22,23)8-7-14(27)9-13(3)19(28)29/h6,13-14H,2,5,7-12H2,1,3-4H3,(H,25,26)(H,28,29). The van der Waals surface area contributed by atoms with E-state index in [9.17, 15) is 23.5 Å². The van der Waals surface area contributed by atoms with Crippen molar-refractivity contribution < 1.29 is 28.2 Å². The highest BCUT2D eigenvalue weighted by Gasteiger charge is 2.41. The van der Waals surface area contributed by atoms with Gasteiger partial charge in [0.1, 0.15) is 5.04 Å². The number of carboxylic acids is 1. The predicted octanol–water partition coefficient (Wildman–Crippen LogP) is 2.92. The van der Waals surface area contributed by atoms with Gasteiger partial charge in [-0.2, -0.15) is 0 Å². The van der Waals surface area contributed by atoms with Gasteiger partial charge in [0.25, 0.3) is 5.92 Å². The summed E-state index contributed by atoms with van der Waals surface area (Å²) in [7, 11) is 1.59. The molecular weight excluding hydrogens is 442 g/mol. The summed E-state index contributed by atoms with van der Waals surface area (Å²) in [6, 6.07) is -0.359. The number of thioether (sulfide) groups is 1. The van der Waals surface area contributed by atoms with Crippen molar-refractivity contribution in [3.05, 3.63) is 23.3 Å². The van der Waals surface area contributed by atoms with Gasteiger partial charge in [-0.25, -0.2) is 13.6 Å². The predicted molar refractivity (Wildman–Crippen MR) is 121 cm³/mol. The third-order valence-corrected chi connectivity index (χ3v) is 6.12. The summed E-state index contributed by atoms with van der Waals surface area (Å²) < 4.78 is 33.7. The third-order valence-electron chi connectivity index (χ3n) is 5.35. The van der Waals surface area contributed by atoms with Crippen LogP contribution in [0, 0.1) is 5.92 Å². The van der Waals surface area contributed by atoms with Crippen molar-refractivity contribution in [3.63, 3.8) is 0 Å². The largest absolute Gasteiger partial charge is 0.481 e. The summed E-state index contributed by atoms with van der Waals surface area (Å²) >= 11 is 1.25. The lowest BCUT2D eigenvalue weighted by Gasteiger charge is -2.41. The summed E-state index contributed by atoms with van der Waals surface area (Å²) in [6.07, 6.45) is 0.108. The Morgan fingerprint density at radius 2 is 2.25 bits per heavy atom. The number of hydrogen-bond donors (Lipinski definition) is 2. The Kier molecular flexibility index (Phi) is 9.38. The minimum atomic E-state index is -2.89. The van der Waals surface area contributed by atoms with Crippen LogP contribution in [0.2, 0.25) is 0 Å². The van der Waals surface area contributed by atoms with Crippen LogP contribution in [0.5, 0.6) is 0 Å². The molecule has 0 bridgehead atoms. The molecular formula is C21H30F2N4O4S. The highest BCUT2D eigenvalue weighted by molar-refractivity contribution is 8.18. The fraction of sp³-hybridized carbons (Fsp3) is 0.619. The van der Waals surface area contributed by atoms with Crippen LogP contribution < -0.4 is 5.32 Å². The van der Waals surface area contributed by atoms with Gasteiger partial charge in [-0.3, -0.25) is 19.7 Å². The van der Waals surface area contributed by atoms with E-state index in [1.54, 1.807) is 31.2 Å². The van der Waals surface area contributed by atoms with E-state index in [-0.39, 0.29) is 50.6 Å². The number of aliphatic carboxylic acids is 1. The van der Waals surface area contributed by atoms with Gasteiger partial charge in [0.05, 0.1) is 31.2 Å². The number of carbonyl (C=O) groups excluding carboxylic acids is 1. The molecule has 0 amide bonds. The normalized spacial score (nSPS) is 22.6. The first-order valence-corrected chi connectivity index (χ1v) is 11.3. The monoisotopic (exact) mass is 472 g/mol. The maximum Gasteiger partial charge on any atom is 0.337 e. The van der Waals surface area contributed by atoms with Crippen LogP contribution in [0.15, 0.2) is 33.2 Å². The van der Waals surface area contributed by atoms with Crippen LogP contribution in [0.3, 0.4) is 0 Å². The van der Waals surface area contributed by atoms with Gasteiger partial charge in [0.15, 0.2) is 5.84 Å². The molecule has 8 nitrogen and oxygen atoms in total. The number of halogens is 2. The first-order valence-electron chi connectivity index (χ1n) is 10.4. The zero-order chi connectivity index (χ0) is 23.9. The van der Waals surface area contributed by atoms with Crippen LogP contribution in [-0.2, 0) is 14.3 Å². The van der Waals surface area contributed by atoms with E-state index in [0.717, 1.165) is 0 Å². The molecule has 2 aliphatic heterocycles. The Bertz CT molecular complexity index is 829. The lowest BCUT2D eigenvalue weighted by atomic mass is 9.91. The van der Waals surface area contributed by atoms with Crippen LogP contribution in [0.25, 0.3) is 0 Å². The van der Waals surface area contributed by atoms with Crippen molar-refractivity contribution >= 4 is 34.6 Å². The number of nitrogens with zero attached hydrogens (tertiary/aromatic N) is 3. The number of carboxylic acid groups (broad SMARTS) is 1. The maximum absolute atomic E-state index is 14.3. The molecule has 1 saturated heterocycles. The second-order valence-electron chi connectivity index (χ2n) is 7.71. The summed E-state index contributed by atoms with van der Waals surface area (Å²) in [6.45, 7) is 6.59. The first kappa shape index (κ1) is 26.0. The zero-order valence-electron chi connectivity index (χ0n) is 18.6. The van der Waals surface area contributed by atoms with Gasteiger partial charge in [0.2, 0.25) is 0 Å². The van der Waals surface area contributed by atoms with Crippen molar-refractivity contribution in [2.45, 2.75) is 45.1 Å². The lowest BCUT2D eigenvalue weighted by molar-refractivity contribution is -0.142. The van der Waals surface area contributed by atoms with Crippen molar-refractivity contribution in [2.75, 3.05) is 33.3 Å². The van der Waals surface area contributed by atoms with Gasteiger partial charge in [-0.15, -0.1) is 0 Å². The Hall–Kier alpha value is -2.27. The van der Waals surface area contributed by atoms with Crippen molar-refractivity contribution in [1.82, 2.24) is 10.2 Å². The number of esters is 1. The molecule has 2 aliphatic rings. The number of rotatable bonds is 9. The van der Waals surface area contributed by atoms with Gasteiger partial charge in [0, 0.05) is 31.8 Å². The number of ether oxygens (including phenoxy) is 1. The second-order valence-corrected chi connectivity index (χ2v) is 8.66. The molecule has 0 aromatic carbocycles. The smallest absolute Gasteiger partial charge is 0.337 e. The van der Waals surface area contributed by atoms with Crippen LogP contribution in [-0.4, -0.2) is 78.1 Å². The molecule has 2 heterocycles. The van der Waals surface area contributed by atoms with E-state index in [1.165, 1.54) is 11.8 Å². The number of hydrogen-bond acceptors (Lipinski definition) is 8. The summed E-state index contributed by atoms with van der Waals surface area (Å²) in [5.41, 5.74) is 0.665. The number of likely N-dealkylation sites (tertiary alicyclic amines) is 1. The molecule has 178 valence electrons. The quantitative estimate of drug-likeness (QED) is 0.302. The van der Waals surface area contributed by atoms with Crippen LogP contribution in [0.4, 0.5) is 8.78 Å². The molecule has 0 aromatic rings. The zero-order valence-corrected chi connectivity index (χ0v) is 19.4. The molecule has 0 aromatic heterocycles. The Morgan fingerprint density at radius 1 is 1.53 bits per heavy atom. The molecule has 0 aliphatic carbocycles. The van der Waals surface area contributed by atoms with Crippen molar-refractivity contribution in [2.24, 2.45) is 15.9 Å². The van der Waals surface area contributed by atoms with Crippen molar-refractivity contribution in [1.29, 1.82) is 0 Å². The van der Waals surface area contributed by atoms with E-state index in [0.29, 0.717) is 16.6 Å². The highest BCUT2D eigenvalue weighted by atomic mass is 32.2. The minimum Gasteiger partial charge on any atom is -0.481 e.